The van der Waals surface area contributed by atoms with Gasteiger partial charge in [0, 0.05) is 0 Å². The standard InChI is InChI=1S/C9H19NO/c1-8(11)7-9-3-5-10(2)6-4-9/h8-9,11H,3-7H2,1-2H3/t8-/m0/s1. The smallest absolute Gasteiger partial charge is 0.0514 e. The lowest BCUT2D eigenvalue weighted by molar-refractivity contribution is 0.128. The Labute approximate surface area is 69.2 Å². The molecule has 1 fully saturated rings. The molecule has 1 aliphatic heterocycles. The van der Waals surface area contributed by atoms with Gasteiger partial charge in [0.25, 0.3) is 0 Å². The molecule has 0 aromatic carbocycles. The van der Waals surface area contributed by atoms with E-state index < -0.39 is 0 Å². The van der Waals surface area contributed by atoms with Crippen molar-refractivity contribution in [2.24, 2.45) is 5.92 Å². The van der Waals surface area contributed by atoms with E-state index >= 15 is 0 Å². The summed E-state index contributed by atoms with van der Waals surface area (Å²) in [6, 6.07) is 0. The lowest BCUT2D eigenvalue weighted by atomic mass is 9.92. The highest BCUT2D eigenvalue weighted by atomic mass is 16.3. The summed E-state index contributed by atoms with van der Waals surface area (Å²) < 4.78 is 0. The van der Waals surface area contributed by atoms with Crippen LogP contribution >= 0.6 is 0 Å². The average Bonchev–Trinajstić information content (AvgIpc) is 1.93. The first kappa shape index (κ1) is 9.01. The van der Waals surface area contributed by atoms with Gasteiger partial charge >= 0.3 is 0 Å². The van der Waals surface area contributed by atoms with Crippen molar-refractivity contribution in [3.63, 3.8) is 0 Å². The molecular weight excluding hydrogens is 138 g/mol. The number of likely N-dealkylation sites (tertiary alicyclic amines) is 1. The number of nitrogens with zero attached hydrogens (tertiary/aromatic N) is 1. The van der Waals surface area contributed by atoms with Crippen LogP contribution in [0.5, 0.6) is 0 Å². The van der Waals surface area contributed by atoms with Gasteiger partial charge in [0.2, 0.25) is 0 Å². The van der Waals surface area contributed by atoms with Crippen LogP contribution in [0.15, 0.2) is 0 Å². The minimum atomic E-state index is -0.108. The fourth-order valence-corrected chi connectivity index (χ4v) is 1.78. The summed E-state index contributed by atoms with van der Waals surface area (Å²) in [6.07, 6.45) is 3.42. The maximum absolute atomic E-state index is 9.16. The summed E-state index contributed by atoms with van der Waals surface area (Å²) in [4.78, 5) is 2.36. The van der Waals surface area contributed by atoms with E-state index in [0.717, 1.165) is 12.3 Å². The number of rotatable bonds is 2. The van der Waals surface area contributed by atoms with E-state index in [2.05, 4.69) is 11.9 Å². The van der Waals surface area contributed by atoms with Gasteiger partial charge in [0.1, 0.15) is 0 Å². The number of piperidine rings is 1. The van der Waals surface area contributed by atoms with Gasteiger partial charge in [-0.3, -0.25) is 0 Å². The van der Waals surface area contributed by atoms with E-state index in [0.29, 0.717) is 0 Å². The van der Waals surface area contributed by atoms with Crippen LogP contribution in [0.3, 0.4) is 0 Å². The Morgan fingerprint density at radius 1 is 1.45 bits per heavy atom. The topological polar surface area (TPSA) is 23.5 Å². The van der Waals surface area contributed by atoms with Gasteiger partial charge in [0.05, 0.1) is 6.10 Å². The highest BCUT2D eigenvalue weighted by Crippen LogP contribution is 2.20. The third-order valence-corrected chi connectivity index (χ3v) is 2.51. The molecule has 1 aliphatic rings. The van der Waals surface area contributed by atoms with Gasteiger partial charge in [-0.2, -0.15) is 0 Å². The molecule has 0 saturated carbocycles. The Hall–Kier alpha value is -0.0800. The Bertz CT molecular complexity index is 106. The van der Waals surface area contributed by atoms with Crippen molar-refractivity contribution in [1.29, 1.82) is 0 Å². The first-order valence-electron chi connectivity index (χ1n) is 4.55. The first-order valence-corrected chi connectivity index (χ1v) is 4.55. The molecule has 0 spiro atoms. The van der Waals surface area contributed by atoms with Crippen molar-refractivity contribution >= 4 is 0 Å². The summed E-state index contributed by atoms with van der Waals surface area (Å²) in [6.45, 7) is 4.30. The van der Waals surface area contributed by atoms with E-state index in [9.17, 15) is 0 Å². The van der Waals surface area contributed by atoms with Crippen LogP contribution in [0.1, 0.15) is 26.2 Å². The van der Waals surface area contributed by atoms with Crippen molar-refractivity contribution in [3.8, 4) is 0 Å². The second-order valence-corrected chi connectivity index (χ2v) is 3.83. The zero-order valence-electron chi connectivity index (χ0n) is 7.58. The molecule has 1 saturated heterocycles. The molecule has 0 bridgehead atoms. The van der Waals surface area contributed by atoms with E-state index in [-0.39, 0.29) is 6.10 Å². The normalized spacial score (nSPS) is 25.4. The fraction of sp³-hybridized carbons (Fsp3) is 1.00. The van der Waals surface area contributed by atoms with E-state index in [1.807, 2.05) is 6.92 Å². The van der Waals surface area contributed by atoms with Crippen LogP contribution in [0, 0.1) is 5.92 Å². The largest absolute Gasteiger partial charge is 0.393 e. The Balaban J connectivity index is 2.17. The summed E-state index contributed by atoms with van der Waals surface area (Å²) in [7, 11) is 2.17. The van der Waals surface area contributed by atoms with Crippen LogP contribution < -0.4 is 0 Å². The minimum absolute atomic E-state index is 0.108. The number of aliphatic hydroxyl groups is 1. The molecule has 1 heterocycles. The second-order valence-electron chi connectivity index (χ2n) is 3.83. The summed E-state index contributed by atoms with van der Waals surface area (Å²) >= 11 is 0. The third-order valence-electron chi connectivity index (χ3n) is 2.51. The highest BCUT2D eigenvalue weighted by Gasteiger charge is 2.17. The molecule has 0 aromatic rings. The lowest BCUT2D eigenvalue weighted by Crippen LogP contribution is -2.31. The van der Waals surface area contributed by atoms with Gasteiger partial charge in [-0.25, -0.2) is 0 Å². The SMILES string of the molecule is C[C@H](O)CC1CCN(C)CC1. The van der Waals surface area contributed by atoms with Crippen LogP contribution in [-0.2, 0) is 0 Å². The molecular formula is C9H19NO. The molecule has 0 aromatic heterocycles. The summed E-state index contributed by atoms with van der Waals surface area (Å²) in [5.74, 6) is 0.770. The molecule has 0 unspecified atom stereocenters. The van der Waals surface area contributed by atoms with Crippen molar-refractivity contribution in [2.45, 2.75) is 32.3 Å². The zero-order valence-corrected chi connectivity index (χ0v) is 7.58. The molecule has 1 atom stereocenters. The molecule has 0 amide bonds. The quantitative estimate of drug-likeness (QED) is 0.649. The van der Waals surface area contributed by atoms with Crippen LogP contribution in [0.2, 0.25) is 0 Å². The second kappa shape index (κ2) is 4.07. The zero-order chi connectivity index (χ0) is 8.27. The Morgan fingerprint density at radius 3 is 2.45 bits per heavy atom. The monoisotopic (exact) mass is 157 g/mol. The average molecular weight is 157 g/mol. The highest BCUT2D eigenvalue weighted by molar-refractivity contribution is 4.71. The first-order chi connectivity index (χ1) is 5.18. The molecule has 2 nitrogen and oxygen atoms in total. The van der Waals surface area contributed by atoms with Gasteiger partial charge in [-0.05, 0) is 52.2 Å². The molecule has 66 valence electrons. The van der Waals surface area contributed by atoms with Gasteiger partial charge in [-0.15, -0.1) is 0 Å². The van der Waals surface area contributed by atoms with Gasteiger partial charge in [-0.1, -0.05) is 0 Å². The lowest BCUT2D eigenvalue weighted by Gasteiger charge is -2.29. The fourth-order valence-electron chi connectivity index (χ4n) is 1.78. The van der Waals surface area contributed by atoms with E-state index in [1.54, 1.807) is 0 Å². The Kier molecular flexibility index (Phi) is 3.34. The minimum Gasteiger partial charge on any atom is -0.393 e. The van der Waals surface area contributed by atoms with Crippen LogP contribution in [0.25, 0.3) is 0 Å². The maximum Gasteiger partial charge on any atom is 0.0514 e. The van der Waals surface area contributed by atoms with Crippen LogP contribution in [-0.4, -0.2) is 36.2 Å². The van der Waals surface area contributed by atoms with Crippen molar-refractivity contribution in [3.05, 3.63) is 0 Å². The predicted octanol–water partition coefficient (Wildman–Crippen LogP) is 1.10. The number of hydrogen-bond acceptors (Lipinski definition) is 2. The molecule has 0 radical (unpaired) electrons. The van der Waals surface area contributed by atoms with Gasteiger partial charge < -0.3 is 10.0 Å². The third kappa shape index (κ3) is 3.21. The summed E-state index contributed by atoms with van der Waals surface area (Å²) in [5, 5.41) is 9.16. The number of aliphatic hydroxyl groups excluding tert-OH is 1. The van der Waals surface area contributed by atoms with E-state index in [1.165, 1.54) is 25.9 Å². The van der Waals surface area contributed by atoms with Crippen molar-refractivity contribution in [2.75, 3.05) is 20.1 Å². The van der Waals surface area contributed by atoms with Gasteiger partial charge in [0.15, 0.2) is 0 Å². The van der Waals surface area contributed by atoms with Crippen LogP contribution in [0.4, 0.5) is 0 Å². The molecule has 11 heavy (non-hydrogen) atoms. The Morgan fingerprint density at radius 2 is 2.00 bits per heavy atom. The molecule has 2 heteroatoms. The maximum atomic E-state index is 9.16. The van der Waals surface area contributed by atoms with Crippen molar-refractivity contribution < 1.29 is 5.11 Å². The van der Waals surface area contributed by atoms with E-state index in [4.69, 9.17) is 5.11 Å². The molecule has 1 N–H and O–H groups in total. The molecule has 0 aliphatic carbocycles. The molecule has 1 rings (SSSR count). The number of hydrogen-bond donors (Lipinski definition) is 1. The van der Waals surface area contributed by atoms with Crippen molar-refractivity contribution in [1.82, 2.24) is 4.90 Å². The summed E-state index contributed by atoms with van der Waals surface area (Å²) in [5.41, 5.74) is 0. The predicted molar refractivity (Wildman–Crippen MR) is 46.5 cm³/mol.